The lowest BCUT2D eigenvalue weighted by Gasteiger charge is -2.31. The molecule has 6 heteroatoms. The molecule has 1 atom stereocenters. The first-order valence-corrected chi connectivity index (χ1v) is 4.73. The molecule has 0 radical (unpaired) electrons. The Morgan fingerprint density at radius 3 is 2.53 bits per heavy atom. The number of carbonyl (C=O) groups is 2. The van der Waals surface area contributed by atoms with Crippen LogP contribution in [0.2, 0.25) is 0 Å². The molecular formula is C9H15NO5. The number of morpholine rings is 1. The first-order chi connectivity index (χ1) is 7.20. The summed E-state index contributed by atoms with van der Waals surface area (Å²) in [4.78, 5) is 24.0. The number of aliphatic hydroxyl groups excluding tert-OH is 1. The summed E-state index contributed by atoms with van der Waals surface area (Å²) in [6.07, 6.45) is 0.325. The van der Waals surface area contributed by atoms with Crippen molar-refractivity contribution in [3.63, 3.8) is 0 Å². The highest BCUT2D eigenvalue weighted by Gasteiger charge is 2.32. The highest BCUT2D eigenvalue weighted by atomic mass is 16.5. The first kappa shape index (κ1) is 12.1. The van der Waals surface area contributed by atoms with Crippen molar-refractivity contribution in [2.75, 3.05) is 33.5 Å². The van der Waals surface area contributed by atoms with Gasteiger partial charge in [0, 0.05) is 13.7 Å². The maximum Gasteiger partial charge on any atom is 0.255 e. The Kier molecular flexibility index (Phi) is 4.67. The molecule has 2 amide bonds. The number of hydrogen-bond donors (Lipinski definition) is 1. The molecular weight excluding hydrogens is 202 g/mol. The quantitative estimate of drug-likeness (QED) is 0.583. The maximum absolute atomic E-state index is 11.4. The minimum absolute atomic E-state index is 0.0859. The lowest BCUT2D eigenvalue weighted by Crippen LogP contribution is -2.53. The predicted octanol–water partition coefficient (Wildman–Crippen LogP) is -1.23. The van der Waals surface area contributed by atoms with Crippen LogP contribution in [-0.4, -0.2) is 61.4 Å². The minimum Gasteiger partial charge on any atom is -0.396 e. The van der Waals surface area contributed by atoms with Crippen molar-refractivity contribution in [2.24, 2.45) is 0 Å². The van der Waals surface area contributed by atoms with Crippen LogP contribution in [0.4, 0.5) is 0 Å². The van der Waals surface area contributed by atoms with Gasteiger partial charge in [-0.1, -0.05) is 0 Å². The van der Waals surface area contributed by atoms with E-state index in [1.165, 1.54) is 7.11 Å². The van der Waals surface area contributed by atoms with E-state index < -0.39 is 6.04 Å². The van der Waals surface area contributed by atoms with Crippen LogP contribution in [-0.2, 0) is 19.1 Å². The lowest BCUT2D eigenvalue weighted by molar-refractivity contribution is -0.163. The predicted molar refractivity (Wildman–Crippen MR) is 50.0 cm³/mol. The molecule has 1 unspecified atom stereocenters. The summed E-state index contributed by atoms with van der Waals surface area (Å²) in [7, 11) is 1.49. The smallest absolute Gasteiger partial charge is 0.255 e. The minimum atomic E-state index is -0.399. The normalized spacial score (nSPS) is 19.5. The summed E-state index contributed by atoms with van der Waals surface area (Å²) in [5.41, 5.74) is 0. The summed E-state index contributed by atoms with van der Waals surface area (Å²) in [6.45, 7) is -0.0290. The van der Waals surface area contributed by atoms with Gasteiger partial charge in [-0.05, 0) is 6.42 Å². The van der Waals surface area contributed by atoms with Crippen LogP contribution in [0.25, 0.3) is 0 Å². The fraction of sp³-hybridized carbons (Fsp3) is 0.778. The Balaban J connectivity index is 2.69. The van der Waals surface area contributed by atoms with E-state index >= 15 is 0 Å². The number of amides is 2. The van der Waals surface area contributed by atoms with E-state index in [4.69, 9.17) is 14.6 Å². The van der Waals surface area contributed by atoms with Crippen molar-refractivity contribution in [3.8, 4) is 0 Å². The first-order valence-electron chi connectivity index (χ1n) is 4.73. The highest BCUT2D eigenvalue weighted by Crippen LogP contribution is 2.10. The molecule has 0 saturated carbocycles. The van der Waals surface area contributed by atoms with Crippen LogP contribution in [0.3, 0.4) is 0 Å². The molecule has 1 rings (SSSR count). The third kappa shape index (κ3) is 2.98. The number of hydrogen-bond acceptors (Lipinski definition) is 5. The number of carbonyl (C=O) groups excluding carboxylic acids is 2. The van der Waals surface area contributed by atoms with Crippen molar-refractivity contribution in [2.45, 2.75) is 12.5 Å². The molecule has 86 valence electrons. The van der Waals surface area contributed by atoms with Gasteiger partial charge in [0.15, 0.2) is 0 Å². The molecule has 0 aromatic carbocycles. The number of aliphatic hydroxyl groups is 1. The zero-order chi connectivity index (χ0) is 11.3. The van der Waals surface area contributed by atoms with E-state index in [9.17, 15) is 9.59 Å². The number of imide groups is 1. The molecule has 1 aliphatic heterocycles. The summed E-state index contributed by atoms with van der Waals surface area (Å²) in [5, 5.41) is 8.83. The van der Waals surface area contributed by atoms with Gasteiger partial charge in [-0.3, -0.25) is 14.5 Å². The van der Waals surface area contributed by atoms with Crippen molar-refractivity contribution < 1.29 is 24.2 Å². The number of rotatable bonds is 5. The summed E-state index contributed by atoms with van der Waals surface area (Å²) < 4.78 is 9.70. The van der Waals surface area contributed by atoms with Crippen LogP contribution < -0.4 is 0 Å². The number of methoxy groups -OCH3 is 1. The van der Waals surface area contributed by atoms with Crippen molar-refractivity contribution >= 4 is 11.8 Å². The van der Waals surface area contributed by atoms with Gasteiger partial charge in [-0.15, -0.1) is 0 Å². The standard InChI is InChI=1S/C9H15NO5/c1-14-4-7(2-3-11)10-8(12)5-15-6-9(10)13/h7,11H,2-6H2,1H3. The summed E-state index contributed by atoms with van der Waals surface area (Å²) in [6, 6.07) is -0.399. The van der Waals surface area contributed by atoms with Crippen molar-refractivity contribution in [1.29, 1.82) is 0 Å². The van der Waals surface area contributed by atoms with Gasteiger partial charge in [0.2, 0.25) is 0 Å². The van der Waals surface area contributed by atoms with Gasteiger partial charge in [0.1, 0.15) is 13.2 Å². The molecule has 6 nitrogen and oxygen atoms in total. The van der Waals surface area contributed by atoms with Crippen LogP contribution in [0, 0.1) is 0 Å². The Bertz CT molecular complexity index is 221. The Morgan fingerprint density at radius 1 is 1.47 bits per heavy atom. The fourth-order valence-corrected chi connectivity index (χ4v) is 1.54. The highest BCUT2D eigenvalue weighted by molar-refractivity contribution is 5.98. The SMILES string of the molecule is COCC(CCO)N1C(=O)COCC1=O. The monoisotopic (exact) mass is 217 g/mol. The maximum atomic E-state index is 11.4. The molecule has 1 fully saturated rings. The van der Waals surface area contributed by atoms with Crippen LogP contribution in [0.5, 0.6) is 0 Å². The Morgan fingerprint density at radius 2 is 2.07 bits per heavy atom. The summed E-state index contributed by atoms with van der Waals surface area (Å²) in [5.74, 6) is -0.747. The van der Waals surface area contributed by atoms with Gasteiger partial charge in [0.25, 0.3) is 11.8 Å². The van der Waals surface area contributed by atoms with Gasteiger partial charge in [-0.25, -0.2) is 0 Å². The van der Waals surface area contributed by atoms with Crippen LogP contribution in [0.1, 0.15) is 6.42 Å². The Labute approximate surface area is 87.8 Å². The molecule has 15 heavy (non-hydrogen) atoms. The molecule has 1 saturated heterocycles. The second-order valence-corrected chi connectivity index (χ2v) is 3.27. The van der Waals surface area contributed by atoms with E-state index in [0.29, 0.717) is 6.42 Å². The molecule has 0 bridgehead atoms. The lowest BCUT2D eigenvalue weighted by atomic mass is 10.1. The molecule has 1 heterocycles. The second kappa shape index (κ2) is 5.79. The largest absolute Gasteiger partial charge is 0.396 e. The average Bonchev–Trinajstić information content (AvgIpc) is 2.18. The van der Waals surface area contributed by atoms with E-state index in [1.807, 2.05) is 0 Å². The molecule has 1 aliphatic rings. The van der Waals surface area contributed by atoms with Crippen LogP contribution in [0.15, 0.2) is 0 Å². The summed E-state index contributed by atoms with van der Waals surface area (Å²) >= 11 is 0. The molecule has 1 N–H and O–H groups in total. The van der Waals surface area contributed by atoms with Crippen molar-refractivity contribution in [1.82, 2.24) is 4.90 Å². The third-order valence-corrected chi connectivity index (χ3v) is 2.17. The molecule has 0 aliphatic carbocycles. The fourth-order valence-electron chi connectivity index (χ4n) is 1.54. The molecule has 0 aromatic rings. The zero-order valence-corrected chi connectivity index (χ0v) is 8.64. The van der Waals surface area contributed by atoms with E-state index in [1.54, 1.807) is 0 Å². The van der Waals surface area contributed by atoms with E-state index in [2.05, 4.69) is 0 Å². The number of nitrogens with zero attached hydrogens (tertiary/aromatic N) is 1. The third-order valence-electron chi connectivity index (χ3n) is 2.17. The molecule has 0 aromatic heterocycles. The van der Waals surface area contributed by atoms with Crippen molar-refractivity contribution in [3.05, 3.63) is 0 Å². The average molecular weight is 217 g/mol. The zero-order valence-electron chi connectivity index (χ0n) is 8.64. The second-order valence-electron chi connectivity index (χ2n) is 3.27. The van der Waals surface area contributed by atoms with Gasteiger partial charge >= 0.3 is 0 Å². The van der Waals surface area contributed by atoms with E-state index in [-0.39, 0.29) is 38.2 Å². The van der Waals surface area contributed by atoms with Crippen LogP contribution >= 0.6 is 0 Å². The topological polar surface area (TPSA) is 76.1 Å². The van der Waals surface area contributed by atoms with Gasteiger partial charge < -0.3 is 14.6 Å². The van der Waals surface area contributed by atoms with Gasteiger partial charge in [-0.2, -0.15) is 0 Å². The Hall–Kier alpha value is -0.980. The van der Waals surface area contributed by atoms with Gasteiger partial charge in [0.05, 0.1) is 12.6 Å². The number of ether oxygens (including phenoxy) is 2. The molecule has 0 spiro atoms. The van der Waals surface area contributed by atoms with E-state index in [0.717, 1.165) is 4.90 Å².